The maximum atomic E-state index is 12.2. The van der Waals surface area contributed by atoms with Gasteiger partial charge in [0.1, 0.15) is 0 Å². The second kappa shape index (κ2) is 15.3. The Balaban J connectivity index is 1.35. The van der Waals surface area contributed by atoms with Gasteiger partial charge < -0.3 is 5.32 Å². The largest absolute Gasteiger partial charge is 0.353 e. The summed E-state index contributed by atoms with van der Waals surface area (Å²) in [5, 5.41) is 3.23. The molecule has 0 saturated heterocycles. The number of unbranched alkanes of at least 4 members (excludes halogenated alkanes) is 11. The molecule has 2 nitrogen and oxygen atoms in total. The van der Waals surface area contributed by atoms with E-state index in [0.29, 0.717) is 12.5 Å². The number of allylic oxidation sites excluding steroid dienone is 2. The topological polar surface area (TPSA) is 29.1 Å². The lowest BCUT2D eigenvalue weighted by atomic mass is 10.1. The molecule has 0 unspecified atom stereocenters. The fourth-order valence-corrected chi connectivity index (χ4v) is 4.32. The molecule has 162 valence electrons. The van der Waals surface area contributed by atoms with Crippen molar-refractivity contribution >= 4 is 5.91 Å². The molecule has 1 aliphatic rings. The number of fused-ring (bicyclic) bond motifs is 1. The number of hydrogen-bond acceptors (Lipinski definition) is 1. The number of carbonyl (C=O) groups is 1. The fraction of sp³-hybridized carbons (Fsp3) is 0.667. The average molecular weight is 398 g/mol. The maximum Gasteiger partial charge on any atom is 0.220 e. The monoisotopic (exact) mass is 397 g/mol. The minimum Gasteiger partial charge on any atom is -0.353 e. The summed E-state index contributed by atoms with van der Waals surface area (Å²) < 4.78 is 0. The summed E-state index contributed by atoms with van der Waals surface area (Å²) in [5.41, 5.74) is 2.80. The third-order valence-corrected chi connectivity index (χ3v) is 6.08. The highest BCUT2D eigenvalue weighted by molar-refractivity contribution is 5.76. The number of benzene rings is 1. The first-order valence-corrected chi connectivity index (χ1v) is 12.3. The van der Waals surface area contributed by atoms with E-state index in [9.17, 15) is 4.79 Å². The van der Waals surface area contributed by atoms with Crippen molar-refractivity contribution in [3.8, 4) is 0 Å². The van der Waals surface area contributed by atoms with Gasteiger partial charge in [0.05, 0.1) is 0 Å². The lowest BCUT2D eigenvalue weighted by Gasteiger charge is -2.11. The molecule has 1 aliphatic carbocycles. The minimum absolute atomic E-state index is 0.237. The molecular formula is C27H43NO. The fourth-order valence-electron chi connectivity index (χ4n) is 4.32. The average Bonchev–Trinajstić information content (AvgIpc) is 3.13. The van der Waals surface area contributed by atoms with Gasteiger partial charge in [0.15, 0.2) is 0 Å². The second-order valence-corrected chi connectivity index (χ2v) is 8.78. The number of hydrogen-bond donors (Lipinski definition) is 1. The van der Waals surface area contributed by atoms with Crippen LogP contribution in [0.3, 0.4) is 0 Å². The van der Waals surface area contributed by atoms with Crippen LogP contribution in [0.5, 0.6) is 0 Å². The Morgan fingerprint density at radius 2 is 1.34 bits per heavy atom. The van der Waals surface area contributed by atoms with Gasteiger partial charge in [-0.05, 0) is 56.1 Å². The summed E-state index contributed by atoms with van der Waals surface area (Å²) in [6.45, 7) is 2.27. The smallest absolute Gasteiger partial charge is 0.220 e. The predicted octanol–water partition coefficient (Wildman–Crippen LogP) is 7.31. The van der Waals surface area contributed by atoms with E-state index in [4.69, 9.17) is 0 Å². The molecule has 0 aromatic heterocycles. The lowest BCUT2D eigenvalue weighted by Crippen LogP contribution is -2.35. The van der Waals surface area contributed by atoms with Crippen LogP contribution in [0.25, 0.3) is 0 Å². The molecule has 0 radical (unpaired) electrons. The van der Waals surface area contributed by atoms with Gasteiger partial charge in [-0.3, -0.25) is 4.79 Å². The van der Waals surface area contributed by atoms with Gasteiger partial charge in [-0.1, -0.05) is 94.7 Å². The van der Waals surface area contributed by atoms with Gasteiger partial charge in [0.25, 0.3) is 0 Å². The predicted molar refractivity (Wildman–Crippen MR) is 125 cm³/mol. The second-order valence-electron chi connectivity index (χ2n) is 8.78. The maximum absolute atomic E-state index is 12.2. The molecule has 0 saturated carbocycles. The van der Waals surface area contributed by atoms with Crippen LogP contribution < -0.4 is 5.32 Å². The van der Waals surface area contributed by atoms with Crippen molar-refractivity contribution in [3.05, 3.63) is 47.5 Å². The summed E-state index contributed by atoms with van der Waals surface area (Å²) >= 11 is 0. The van der Waals surface area contributed by atoms with Gasteiger partial charge in [0, 0.05) is 12.5 Å². The molecule has 1 aromatic carbocycles. The Bertz CT molecular complexity index is 567. The van der Waals surface area contributed by atoms with Gasteiger partial charge in [-0.25, -0.2) is 0 Å². The Morgan fingerprint density at radius 3 is 1.93 bits per heavy atom. The first-order valence-electron chi connectivity index (χ1n) is 12.3. The normalized spacial score (nSPS) is 13.8. The minimum atomic E-state index is 0.237. The Morgan fingerprint density at radius 1 is 0.828 bits per heavy atom. The number of carbonyl (C=O) groups excluding carboxylic acids is 1. The molecule has 0 spiro atoms. The molecule has 0 atom stereocenters. The van der Waals surface area contributed by atoms with Crippen LogP contribution in [-0.4, -0.2) is 11.9 Å². The van der Waals surface area contributed by atoms with Crippen LogP contribution >= 0.6 is 0 Å². The third kappa shape index (κ3) is 10.7. The molecule has 0 aliphatic heterocycles. The molecule has 1 aromatic rings. The zero-order chi connectivity index (χ0) is 20.6. The highest BCUT2D eigenvalue weighted by atomic mass is 16.1. The number of amides is 1. The molecule has 0 bridgehead atoms. The van der Waals surface area contributed by atoms with Crippen LogP contribution in [0.15, 0.2) is 36.4 Å². The Labute approximate surface area is 179 Å². The van der Waals surface area contributed by atoms with E-state index in [1.807, 2.05) is 0 Å². The number of rotatable bonds is 16. The zero-order valence-corrected chi connectivity index (χ0v) is 18.8. The molecule has 1 N–H and O–H groups in total. The van der Waals surface area contributed by atoms with Crippen LogP contribution in [0, 0.1) is 0 Å². The lowest BCUT2D eigenvalue weighted by molar-refractivity contribution is -0.121. The summed E-state index contributed by atoms with van der Waals surface area (Å²) in [5.74, 6) is 0.237. The van der Waals surface area contributed by atoms with E-state index in [1.54, 1.807) is 0 Å². The van der Waals surface area contributed by atoms with Crippen molar-refractivity contribution in [1.29, 1.82) is 0 Å². The van der Waals surface area contributed by atoms with Crippen molar-refractivity contribution in [2.24, 2.45) is 0 Å². The third-order valence-electron chi connectivity index (χ3n) is 6.08. The van der Waals surface area contributed by atoms with Crippen LogP contribution in [0.2, 0.25) is 0 Å². The van der Waals surface area contributed by atoms with E-state index < -0.39 is 0 Å². The quantitative estimate of drug-likeness (QED) is 0.230. The first kappa shape index (κ1) is 23.7. The molecule has 29 heavy (non-hydrogen) atoms. The highest BCUT2D eigenvalue weighted by Crippen LogP contribution is 2.21. The Kier molecular flexibility index (Phi) is 12.5. The van der Waals surface area contributed by atoms with Crippen molar-refractivity contribution in [3.63, 3.8) is 0 Å². The summed E-state index contributed by atoms with van der Waals surface area (Å²) in [4.78, 5) is 12.2. The van der Waals surface area contributed by atoms with Crippen LogP contribution in [0.4, 0.5) is 0 Å². The van der Waals surface area contributed by atoms with Crippen molar-refractivity contribution < 1.29 is 4.79 Å². The van der Waals surface area contributed by atoms with Crippen molar-refractivity contribution in [2.45, 2.75) is 116 Å². The van der Waals surface area contributed by atoms with Gasteiger partial charge >= 0.3 is 0 Å². The highest BCUT2D eigenvalue weighted by Gasteiger charge is 2.21. The summed E-state index contributed by atoms with van der Waals surface area (Å²) in [6.07, 6.45) is 24.3. The first-order chi connectivity index (χ1) is 14.3. The zero-order valence-electron chi connectivity index (χ0n) is 18.8. The van der Waals surface area contributed by atoms with E-state index >= 15 is 0 Å². The molecule has 1 amide bonds. The van der Waals surface area contributed by atoms with Crippen molar-refractivity contribution in [2.75, 3.05) is 0 Å². The van der Waals surface area contributed by atoms with Crippen LogP contribution in [0.1, 0.15) is 108 Å². The SMILES string of the molecule is CCCCCCCCC=CCCCCCCCC(=O)NC1Cc2ccccc2C1. The van der Waals surface area contributed by atoms with Crippen molar-refractivity contribution in [1.82, 2.24) is 5.32 Å². The molecular weight excluding hydrogens is 354 g/mol. The molecule has 2 heteroatoms. The molecule has 0 heterocycles. The van der Waals surface area contributed by atoms with E-state index in [0.717, 1.165) is 19.3 Å². The van der Waals surface area contributed by atoms with E-state index in [1.165, 1.54) is 88.2 Å². The van der Waals surface area contributed by atoms with E-state index in [2.05, 4.69) is 48.7 Å². The summed E-state index contributed by atoms with van der Waals surface area (Å²) in [7, 11) is 0. The summed E-state index contributed by atoms with van der Waals surface area (Å²) in [6, 6.07) is 8.86. The van der Waals surface area contributed by atoms with Gasteiger partial charge in [-0.15, -0.1) is 0 Å². The van der Waals surface area contributed by atoms with Gasteiger partial charge in [-0.2, -0.15) is 0 Å². The van der Waals surface area contributed by atoms with E-state index in [-0.39, 0.29) is 5.91 Å². The van der Waals surface area contributed by atoms with Crippen LogP contribution in [-0.2, 0) is 17.6 Å². The van der Waals surface area contributed by atoms with Gasteiger partial charge in [0.2, 0.25) is 5.91 Å². The number of nitrogens with one attached hydrogen (secondary N) is 1. The molecule has 2 rings (SSSR count). The Hall–Kier alpha value is -1.57. The standard InChI is InChI=1S/C27H43NO/c1-2-3-4-5-6-7-8-9-10-11-12-13-14-15-16-21-27(29)28-26-22-24-19-17-18-20-25(24)23-26/h9-10,17-20,26H,2-8,11-16,21-23H2,1H3,(H,28,29). The molecule has 0 fully saturated rings.